The zero-order valence-electron chi connectivity index (χ0n) is 15.5. The number of methoxy groups -OCH3 is 2. The zero-order valence-corrected chi connectivity index (χ0v) is 15.5. The molecule has 1 heterocycles. The fourth-order valence-corrected chi connectivity index (χ4v) is 3.61. The molecule has 2 atom stereocenters. The molecule has 1 aromatic rings. The Kier molecular flexibility index (Phi) is 7.66. The third-order valence-corrected chi connectivity index (χ3v) is 4.54. The van der Waals surface area contributed by atoms with Crippen LogP contribution in [0.25, 0.3) is 0 Å². The number of likely N-dealkylation sites (tertiary alicyclic amines) is 1. The van der Waals surface area contributed by atoms with Crippen LogP contribution in [-0.2, 0) is 4.74 Å². The topological polar surface area (TPSA) is 41.4 Å². The highest BCUT2D eigenvalue weighted by molar-refractivity contribution is 5.51. The number of para-hydroxylation sites is 1. The van der Waals surface area contributed by atoms with Gasteiger partial charge in [0.1, 0.15) is 13.2 Å². The molecule has 1 saturated heterocycles. The summed E-state index contributed by atoms with van der Waals surface area (Å²) in [6.45, 7) is 10.1. The second kappa shape index (κ2) is 9.74. The van der Waals surface area contributed by atoms with Crippen LogP contribution in [0.5, 0.6) is 17.2 Å². The van der Waals surface area contributed by atoms with Crippen LogP contribution in [-0.4, -0.2) is 53.7 Å². The fraction of sp³-hybridized carbons (Fsp3) is 0.684. The minimum absolute atomic E-state index is 0.485. The third kappa shape index (κ3) is 5.56. The molecular formula is C19H32NO4+. The van der Waals surface area contributed by atoms with Crippen molar-refractivity contribution in [1.82, 2.24) is 0 Å². The predicted octanol–water partition coefficient (Wildman–Crippen LogP) is 1.66. The van der Waals surface area contributed by atoms with Crippen molar-refractivity contribution in [2.45, 2.75) is 20.3 Å². The summed E-state index contributed by atoms with van der Waals surface area (Å²) < 4.78 is 22.2. The van der Waals surface area contributed by atoms with Gasteiger partial charge in [-0.25, -0.2) is 0 Å². The Morgan fingerprint density at radius 3 is 2.17 bits per heavy atom. The third-order valence-electron chi connectivity index (χ3n) is 4.54. The van der Waals surface area contributed by atoms with E-state index in [1.807, 2.05) is 18.2 Å². The molecule has 1 fully saturated rings. The van der Waals surface area contributed by atoms with Crippen LogP contribution in [0.2, 0.25) is 0 Å². The minimum atomic E-state index is 0.485. The number of benzene rings is 1. The van der Waals surface area contributed by atoms with E-state index >= 15 is 0 Å². The summed E-state index contributed by atoms with van der Waals surface area (Å²) in [6.07, 6.45) is 1.36. The van der Waals surface area contributed by atoms with Crippen molar-refractivity contribution in [1.29, 1.82) is 0 Å². The van der Waals surface area contributed by atoms with Gasteiger partial charge in [0.05, 0.1) is 40.5 Å². The van der Waals surface area contributed by atoms with E-state index < -0.39 is 0 Å². The molecule has 1 N–H and O–H groups in total. The first-order valence-corrected chi connectivity index (χ1v) is 8.89. The number of hydrogen-bond acceptors (Lipinski definition) is 4. The van der Waals surface area contributed by atoms with Gasteiger partial charge in [-0.15, -0.1) is 0 Å². The van der Waals surface area contributed by atoms with E-state index in [9.17, 15) is 0 Å². The molecule has 0 spiro atoms. The Hall–Kier alpha value is -1.46. The summed E-state index contributed by atoms with van der Waals surface area (Å²) in [6, 6.07) is 5.60. The zero-order chi connectivity index (χ0) is 17.4. The van der Waals surface area contributed by atoms with Crippen molar-refractivity contribution in [3.63, 3.8) is 0 Å². The van der Waals surface area contributed by atoms with Gasteiger partial charge in [-0.2, -0.15) is 0 Å². The predicted molar refractivity (Wildman–Crippen MR) is 94.4 cm³/mol. The lowest BCUT2D eigenvalue weighted by molar-refractivity contribution is -0.912. The molecular weight excluding hydrogens is 306 g/mol. The van der Waals surface area contributed by atoms with E-state index in [0.29, 0.717) is 30.5 Å². The van der Waals surface area contributed by atoms with Crippen LogP contribution in [0, 0.1) is 11.8 Å². The van der Waals surface area contributed by atoms with Crippen molar-refractivity contribution in [2.24, 2.45) is 11.8 Å². The van der Waals surface area contributed by atoms with Crippen molar-refractivity contribution in [3.8, 4) is 17.2 Å². The summed E-state index contributed by atoms with van der Waals surface area (Å²) in [5.41, 5.74) is 0. The quantitative estimate of drug-likeness (QED) is 0.696. The summed E-state index contributed by atoms with van der Waals surface area (Å²) in [4.78, 5) is 1.66. The molecule has 1 aromatic carbocycles. The molecule has 5 heteroatoms. The Morgan fingerprint density at radius 1 is 0.958 bits per heavy atom. The van der Waals surface area contributed by atoms with E-state index in [1.54, 1.807) is 19.1 Å². The van der Waals surface area contributed by atoms with Crippen LogP contribution < -0.4 is 19.1 Å². The number of quaternary nitrogens is 1. The van der Waals surface area contributed by atoms with Crippen molar-refractivity contribution in [2.75, 3.05) is 53.7 Å². The molecule has 2 rings (SSSR count). The Morgan fingerprint density at radius 2 is 1.58 bits per heavy atom. The van der Waals surface area contributed by atoms with E-state index in [4.69, 9.17) is 18.9 Å². The number of hydrogen-bond donors (Lipinski definition) is 1. The molecule has 1 aliphatic heterocycles. The van der Waals surface area contributed by atoms with Crippen LogP contribution in [0.15, 0.2) is 18.2 Å². The number of piperidine rings is 1. The first kappa shape index (κ1) is 18.9. The lowest BCUT2D eigenvalue weighted by Gasteiger charge is -2.31. The second-order valence-corrected chi connectivity index (χ2v) is 6.81. The first-order valence-electron chi connectivity index (χ1n) is 8.89. The Balaban J connectivity index is 1.67. The van der Waals surface area contributed by atoms with Gasteiger partial charge in [0, 0.05) is 11.8 Å². The Bertz CT molecular complexity index is 462. The monoisotopic (exact) mass is 338 g/mol. The standard InChI is InChI=1S/C19H31NO4/c1-15-12-16(2)14-20(13-15)8-9-23-10-11-24-19-17(21-3)6-5-7-18(19)22-4/h5-7,15-16H,8-14H2,1-4H3/p+1/t15-,16-/m0/s1. The highest BCUT2D eigenvalue weighted by Crippen LogP contribution is 2.36. The molecule has 1 aliphatic rings. The van der Waals surface area contributed by atoms with E-state index in [-0.39, 0.29) is 0 Å². The molecule has 0 aliphatic carbocycles. The van der Waals surface area contributed by atoms with E-state index in [1.165, 1.54) is 19.5 Å². The van der Waals surface area contributed by atoms with Gasteiger partial charge in [0.15, 0.2) is 11.5 Å². The van der Waals surface area contributed by atoms with Crippen LogP contribution in [0.1, 0.15) is 20.3 Å². The molecule has 0 radical (unpaired) electrons. The average molecular weight is 338 g/mol. The van der Waals surface area contributed by atoms with Gasteiger partial charge < -0.3 is 23.8 Å². The largest absolute Gasteiger partial charge is 0.493 e. The molecule has 0 saturated carbocycles. The van der Waals surface area contributed by atoms with Crippen molar-refractivity contribution < 1.29 is 23.8 Å². The molecule has 0 amide bonds. The van der Waals surface area contributed by atoms with Gasteiger partial charge in [-0.1, -0.05) is 19.9 Å². The molecule has 0 aromatic heterocycles. The maximum absolute atomic E-state index is 5.79. The first-order chi connectivity index (χ1) is 11.6. The normalized spacial score (nSPS) is 23.8. The van der Waals surface area contributed by atoms with Crippen molar-refractivity contribution in [3.05, 3.63) is 18.2 Å². The number of ether oxygens (including phenoxy) is 4. The lowest BCUT2D eigenvalue weighted by atomic mass is 9.92. The molecule has 0 bridgehead atoms. The number of nitrogens with one attached hydrogen (secondary N) is 1. The second-order valence-electron chi connectivity index (χ2n) is 6.81. The fourth-order valence-electron chi connectivity index (χ4n) is 3.61. The van der Waals surface area contributed by atoms with Crippen LogP contribution in [0.4, 0.5) is 0 Å². The SMILES string of the molecule is COc1cccc(OC)c1OCCOCC[NH+]1C[C@@H](C)C[C@H](C)C1. The van der Waals surface area contributed by atoms with E-state index in [2.05, 4.69) is 13.8 Å². The smallest absolute Gasteiger partial charge is 0.203 e. The van der Waals surface area contributed by atoms with Crippen molar-refractivity contribution >= 4 is 0 Å². The summed E-state index contributed by atoms with van der Waals surface area (Å²) in [5.74, 6) is 3.63. The van der Waals surface area contributed by atoms with Gasteiger partial charge in [-0.05, 0) is 18.6 Å². The van der Waals surface area contributed by atoms with Crippen LogP contribution >= 0.6 is 0 Å². The highest BCUT2D eigenvalue weighted by Gasteiger charge is 2.24. The maximum Gasteiger partial charge on any atom is 0.203 e. The molecule has 136 valence electrons. The van der Waals surface area contributed by atoms with Gasteiger partial charge in [0.25, 0.3) is 0 Å². The van der Waals surface area contributed by atoms with Gasteiger partial charge in [-0.3, -0.25) is 0 Å². The summed E-state index contributed by atoms with van der Waals surface area (Å²) in [5, 5.41) is 0. The minimum Gasteiger partial charge on any atom is -0.493 e. The summed E-state index contributed by atoms with van der Waals surface area (Å²) >= 11 is 0. The molecule has 0 unspecified atom stereocenters. The molecule has 24 heavy (non-hydrogen) atoms. The van der Waals surface area contributed by atoms with E-state index in [0.717, 1.165) is 25.0 Å². The van der Waals surface area contributed by atoms with Gasteiger partial charge in [0.2, 0.25) is 5.75 Å². The van der Waals surface area contributed by atoms with Crippen LogP contribution in [0.3, 0.4) is 0 Å². The lowest BCUT2D eigenvalue weighted by Crippen LogP contribution is -3.14. The average Bonchev–Trinajstić information content (AvgIpc) is 2.56. The summed E-state index contributed by atoms with van der Waals surface area (Å²) in [7, 11) is 3.25. The maximum atomic E-state index is 5.79. The Labute approximate surface area is 145 Å². The highest BCUT2D eigenvalue weighted by atomic mass is 16.6. The number of rotatable bonds is 9. The van der Waals surface area contributed by atoms with Gasteiger partial charge >= 0.3 is 0 Å². The molecule has 5 nitrogen and oxygen atoms in total.